The molecule has 4 aromatic heterocycles. The number of hydrogen-bond acceptors (Lipinski definition) is 14. The maximum absolute atomic E-state index is 13.6. The molecule has 0 spiro atoms. The zero-order chi connectivity index (χ0) is 66.0. The first kappa shape index (κ1) is 71.4. The highest BCUT2D eigenvalue weighted by molar-refractivity contribution is 9.10. The van der Waals surface area contributed by atoms with E-state index in [1.807, 2.05) is 109 Å². The predicted molar refractivity (Wildman–Crippen MR) is 338 cm³/mol. The van der Waals surface area contributed by atoms with Crippen LogP contribution in [0.25, 0.3) is 11.1 Å². The maximum atomic E-state index is 13.6. The number of piperidine rings is 2. The summed E-state index contributed by atoms with van der Waals surface area (Å²) in [5.41, 5.74) is 1.13. The van der Waals surface area contributed by atoms with E-state index in [0.717, 1.165) is 40.9 Å². The molecular formula is C64H80BBrCl2F6N8O8. The van der Waals surface area contributed by atoms with Gasteiger partial charge in [-0.2, -0.15) is 26.3 Å². The van der Waals surface area contributed by atoms with Gasteiger partial charge in [0.2, 0.25) is 11.9 Å². The standard InChI is InChI=1S/C29H34ClF3N4O3.C25H31BrClF3N4O2.C10H15BO3/c1-5-24-12-26(13-25(6-2)37(24)28(38)40-18(3)4)36(16-19-9-22(29(31,32)33)11-23(30)10-19)27-34-14-21(15-35-27)20-7-8-39-17-20;1-5-20-10-22(11-21(6-2)34(20)24(35)36-15(3)4)33(23-31-12-18(26)13-32-23)14-16-7-17(25(28,29)30)9-19(27)8-16;1-9(2)10(3,4)14-11(13-9)8-5-6-12-7-8/h7-11,14-15,17-18,24-26H,5-6,12-13,16H2,1-4H3;7-9,12-13,15,20-22H,5-6,10-11,14H2,1-4H3;5-7H,1-4H3/t24-,25+,26?;20-,21+,22?;. The van der Waals surface area contributed by atoms with E-state index < -0.39 is 23.5 Å². The number of carbonyl (C=O) groups excluding carboxylic acids is 2. The zero-order valence-electron chi connectivity index (χ0n) is 52.8. The molecule has 6 atom stereocenters. The summed E-state index contributed by atoms with van der Waals surface area (Å²) in [5.74, 6) is 0.785. The first-order valence-electron chi connectivity index (χ1n) is 30.3. The smallest absolute Gasteiger partial charge is 0.473 e. The minimum Gasteiger partial charge on any atom is -0.473 e. The maximum Gasteiger partial charge on any atom is 0.498 e. The van der Waals surface area contributed by atoms with E-state index in [1.165, 1.54) is 12.1 Å². The molecule has 9 rings (SSSR count). The number of carbonyl (C=O) groups is 2. The Labute approximate surface area is 541 Å². The lowest BCUT2D eigenvalue weighted by molar-refractivity contribution is -0.138. The molecular weight excluding hydrogens is 1280 g/mol. The van der Waals surface area contributed by atoms with Crippen LogP contribution in [0, 0.1) is 0 Å². The molecule has 3 fully saturated rings. The van der Waals surface area contributed by atoms with Crippen molar-refractivity contribution in [2.45, 2.75) is 220 Å². The summed E-state index contributed by atoms with van der Waals surface area (Å²) >= 11 is 15.5. The molecule has 16 nitrogen and oxygen atoms in total. The number of halogens is 9. The first-order valence-corrected chi connectivity index (χ1v) is 31.8. The summed E-state index contributed by atoms with van der Waals surface area (Å²) < 4.78 is 115. The molecule has 0 bridgehead atoms. The van der Waals surface area contributed by atoms with Crippen LogP contribution in [0.5, 0.6) is 0 Å². The summed E-state index contributed by atoms with van der Waals surface area (Å²) in [4.78, 5) is 51.6. The third kappa shape index (κ3) is 18.4. The molecule has 2 unspecified atom stereocenters. The van der Waals surface area contributed by atoms with Crippen LogP contribution < -0.4 is 15.3 Å². The van der Waals surface area contributed by atoms with Crippen molar-refractivity contribution in [2.75, 3.05) is 9.80 Å². The quantitative estimate of drug-likeness (QED) is 0.0664. The molecule has 2 aromatic carbocycles. The Morgan fingerprint density at radius 2 is 0.989 bits per heavy atom. The third-order valence-electron chi connectivity index (χ3n) is 16.6. The van der Waals surface area contributed by atoms with Crippen molar-refractivity contribution in [3.05, 3.63) is 135 Å². The third-order valence-corrected chi connectivity index (χ3v) is 17.4. The Morgan fingerprint density at radius 3 is 1.32 bits per heavy atom. The molecule has 7 heterocycles. The number of hydrogen-bond donors (Lipinski definition) is 0. The Morgan fingerprint density at radius 1 is 0.611 bits per heavy atom. The van der Waals surface area contributed by atoms with Gasteiger partial charge >= 0.3 is 31.7 Å². The van der Waals surface area contributed by atoms with E-state index in [9.17, 15) is 35.9 Å². The highest BCUT2D eigenvalue weighted by Crippen LogP contribution is 2.40. The molecule has 6 aromatic rings. The Kier molecular flexibility index (Phi) is 24.2. The monoisotopic (exact) mass is 1360 g/mol. The van der Waals surface area contributed by atoms with E-state index in [1.54, 1.807) is 55.9 Å². The van der Waals surface area contributed by atoms with E-state index in [-0.39, 0.29) is 102 Å². The number of benzene rings is 2. The van der Waals surface area contributed by atoms with Crippen LogP contribution in [0.3, 0.4) is 0 Å². The van der Waals surface area contributed by atoms with Crippen LogP contribution in [-0.2, 0) is 44.2 Å². The van der Waals surface area contributed by atoms with Crippen molar-refractivity contribution in [1.29, 1.82) is 0 Å². The van der Waals surface area contributed by atoms with Gasteiger partial charge in [-0.15, -0.1) is 0 Å². The summed E-state index contributed by atoms with van der Waals surface area (Å²) in [5, 5.41) is 0.0192. The molecule has 0 N–H and O–H groups in total. The van der Waals surface area contributed by atoms with Crippen molar-refractivity contribution >= 4 is 75.8 Å². The van der Waals surface area contributed by atoms with Crippen LogP contribution in [-0.4, -0.2) is 109 Å². The van der Waals surface area contributed by atoms with E-state index >= 15 is 0 Å². The number of rotatable bonds is 16. The second-order valence-electron chi connectivity index (χ2n) is 24.3. The normalized spacial score (nSPS) is 20.7. The molecule has 26 heteroatoms. The highest BCUT2D eigenvalue weighted by Gasteiger charge is 2.52. The zero-order valence-corrected chi connectivity index (χ0v) is 55.8. The molecule has 3 saturated heterocycles. The number of amides is 2. The molecule has 0 aliphatic carbocycles. The second kappa shape index (κ2) is 30.6. The molecule has 0 saturated carbocycles. The Hall–Kier alpha value is -6.08. The molecule has 90 heavy (non-hydrogen) atoms. The summed E-state index contributed by atoms with van der Waals surface area (Å²) in [6.45, 7) is 23.7. The molecule has 490 valence electrons. The average molecular weight is 1370 g/mol. The number of aromatic nitrogens is 4. The average Bonchev–Trinajstić information content (AvgIpc) is 1.71. The van der Waals surface area contributed by atoms with Gasteiger partial charge in [-0.1, -0.05) is 50.9 Å². The molecule has 3 aliphatic heterocycles. The fourth-order valence-electron chi connectivity index (χ4n) is 11.4. The van der Waals surface area contributed by atoms with Gasteiger partial charge in [0.1, 0.15) is 0 Å². The van der Waals surface area contributed by atoms with Gasteiger partial charge in [0.25, 0.3) is 0 Å². The van der Waals surface area contributed by atoms with E-state index in [2.05, 4.69) is 35.9 Å². The fourth-order valence-corrected chi connectivity index (χ4v) is 12.1. The highest BCUT2D eigenvalue weighted by atomic mass is 79.9. The molecule has 0 radical (unpaired) electrons. The fraction of sp³-hybridized carbons (Fsp3) is 0.531. The van der Waals surface area contributed by atoms with Crippen LogP contribution in [0.2, 0.25) is 10.0 Å². The first-order chi connectivity index (χ1) is 42.3. The van der Waals surface area contributed by atoms with Crippen LogP contribution >= 0.6 is 39.1 Å². The van der Waals surface area contributed by atoms with E-state index in [4.69, 9.17) is 50.8 Å². The Bertz CT molecular complexity index is 3220. The van der Waals surface area contributed by atoms with Gasteiger partial charge in [-0.25, -0.2) is 29.5 Å². The van der Waals surface area contributed by atoms with Gasteiger partial charge in [0.15, 0.2) is 0 Å². The largest absolute Gasteiger partial charge is 0.498 e. The van der Waals surface area contributed by atoms with E-state index in [0.29, 0.717) is 78.9 Å². The lowest BCUT2D eigenvalue weighted by atomic mass is 9.81. The summed E-state index contributed by atoms with van der Waals surface area (Å²) in [7, 11) is -0.307. The number of furan rings is 2. The minimum atomic E-state index is -4.53. The summed E-state index contributed by atoms with van der Waals surface area (Å²) in [6.07, 6.45) is 7.98. The minimum absolute atomic E-state index is 0.00474. The van der Waals surface area contributed by atoms with Crippen LogP contribution in [0.4, 0.5) is 47.8 Å². The van der Waals surface area contributed by atoms with Crippen molar-refractivity contribution in [3.8, 4) is 11.1 Å². The van der Waals surface area contributed by atoms with Gasteiger partial charge in [-0.05, 0) is 182 Å². The number of nitrogens with zero attached hydrogens (tertiary/aromatic N) is 8. The van der Waals surface area contributed by atoms with Crippen molar-refractivity contribution in [3.63, 3.8) is 0 Å². The summed E-state index contributed by atoms with van der Waals surface area (Å²) in [6, 6.07) is 10.1. The van der Waals surface area contributed by atoms with Gasteiger partial charge in [0, 0.05) is 101 Å². The van der Waals surface area contributed by atoms with Crippen molar-refractivity contribution < 1.29 is 63.5 Å². The number of alkyl halides is 6. The number of ether oxygens (including phenoxy) is 2. The van der Waals surface area contributed by atoms with Crippen LogP contribution in [0.1, 0.15) is 157 Å². The van der Waals surface area contributed by atoms with Gasteiger partial charge < -0.3 is 47.2 Å². The predicted octanol–water partition coefficient (Wildman–Crippen LogP) is 17.0. The van der Waals surface area contributed by atoms with Gasteiger partial charge in [0.05, 0.1) is 64.1 Å². The number of likely N-dealkylation sites (tertiary alicyclic amines) is 2. The van der Waals surface area contributed by atoms with Crippen LogP contribution in [0.15, 0.2) is 112 Å². The van der Waals surface area contributed by atoms with Gasteiger partial charge in [-0.3, -0.25) is 0 Å². The van der Waals surface area contributed by atoms with Crippen molar-refractivity contribution in [2.24, 2.45) is 0 Å². The van der Waals surface area contributed by atoms with Crippen molar-refractivity contribution in [1.82, 2.24) is 29.7 Å². The SMILES string of the molecule is CC1(C)OB(c2ccoc2)OC1(C)C.CC[C@@H]1CC(N(Cc2cc(Cl)cc(C(F)(F)F)c2)c2ncc(-c3ccoc3)cn2)C[C@H](CC)N1C(=O)OC(C)C.CC[C@@H]1CC(N(Cc2cc(Cl)cc(C(F)(F)F)c2)c2ncc(Br)cn2)C[C@H](CC)N1C(=O)OC(C)C. The Balaban J connectivity index is 0.000000211. The lowest BCUT2D eigenvalue weighted by Crippen LogP contribution is -2.57. The second-order valence-corrected chi connectivity index (χ2v) is 26.0. The topological polar surface area (TPSA) is 162 Å². The lowest BCUT2D eigenvalue weighted by Gasteiger charge is -2.47. The number of anilines is 2. The molecule has 2 amide bonds. The molecule has 3 aliphatic rings.